The molecular weight excluding hydrogens is 222 g/mol. The standard InChI is InChI=1S/C12H13NO2S/c1-15-11-5-3-2-4-9(11)10-8-16-12(13-10)6-7-14/h2-5,8,14H,6-7H2,1H3. The van der Waals surface area contributed by atoms with Crippen molar-refractivity contribution < 1.29 is 9.84 Å². The van der Waals surface area contributed by atoms with E-state index >= 15 is 0 Å². The number of hydrogen-bond donors (Lipinski definition) is 1. The van der Waals surface area contributed by atoms with E-state index in [2.05, 4.69) is 4.98 Å². The number of rotatable bonds is 4. The van der Waals surface area contributed by atoms with Crippen molar-refractivity contribution in [3.63, 3.8) is 0 Å². The van der Waals surface area contributed by atoms with Crippen LogP contribution in [0.3, 0.4) is 0 Å². The van der Waals surface area contributed by atoms with E-state index in [1.165, 1.54) is 0 Å². The Kier molecular flexibility index (Phi) is 3.54. The monoisotopic (exact) mass is 235 g/mol. The highest BCUT2D eigenvalue weighted by Gasteiger charge is 2.08. The molecule has 1 N–H and O–H groups in total. The molecule has 0 spiro atoms. The molecule has 0 aliphatic carbocycles. The van der Waals surface area contributed by atoms with Crippen molar-refractivity contribution in [1.29, 1.82) is 0 Å². The second kappa shape index (κ2) is 5.09. The Morgan fingerprint density at radius 1 is 1.38 bits per heavy atom. The van der Waals surface area contributed by atoms with Gasteiger partial charge in [-0.3, -0.25) is 0 Å². The predicted octanol–water partition coefficient (Wildman–Crippen LogP) is 2.35. The van der Waals surface area contributed by atoms with E-state index in [0.29, 0.717) is 6.42 Å². The van der Waals surface area contributed by atoms with Crippen LogP contribution in [0.25, 0.3) is 11.3 Å². The van der Waals surface area contributed by atoms with Gasteiger partial charge in [0.2, 0.25) is 0 Å². The number of aromatic nitrogens is 1. The lowest BCUT2D eigenvalue weighted by molar-refractivity contribution is 0.299. The third-order valence-electron chi connectivity index (χ3n) is 2.26. The summed E-state index contributed by atoms with van der Waals surface area (Å²) in [6.07, 6.45) is 0.611. The number of hydrogen-bond acceptors (Lipinski definition) is 4. The summed E-state index contributed by atoms with van der Waals surface area (Å²) in [6, 6.07) is 7.79. The van der Waals surface area contributed by atoms with Gasteiger partial charge in [0.1, 0.15) is 5.75 Å². The molecule has 84 valence electrons. The van der Waals surface area contributed by atoms with Gasteiger partial charge >= 0.3 is 0 Å². The Balaban J connectivity index is 2.34. The fraction of sp³-hybridized carbons (Fsp3) is 0.250. The first-order chi connectivity index (χ1) is 7.85. The topological polar surface area (TPSA) is 42.4 Å². The van der Waals surface area contributed by atoms with Crippen LogP contribution in [0.15, 0.2) is 29.6 Å². The molecule has 0 unspecified atom stereocenters. The summed E-state index contributed by atoms with van der Waals surface area (Å²) in [5.41, 5.74) is 1.90. The van der Waals surface area contributed by atoms with E-state index < -0.39 is 0 Å². The Bertz CT molecular complexity index is 468. The van der Waals surface area contributed by atoms with E-state index in [0.717, 1.165) is 22.0 Å². The van der Waals surface area contributed by atoms with Gasteiger partial charge in [-0.15, -0.1) is 11.3 Å². The molecule has 2 aromatic rings. The third kappa shape index (κ3) is 2.23. The van der Waals surface area contributed by atoms with Crippen molar-refractivity contribution in [2.45, 2.75) is 6.42 Å². The Morgan fingerprint density at radius 2 is 2.19 bits per heavy atom. The SMILES string of the molecule is COc1ccccc1-c1csc(CCO)n1. The van der Waals surface area contributed by atoms with E-state index in [9.17, 15) is 0 Å². The van der Waals surface area contributed by atoms with Gasteiger partial charge in [0, 0.05) is 24.0 Å². The molecule has 1 aromatic heterocycles. The average Bonchev–Trinajstić information content (AvgIpc) is 2.78. The molecule has 3 nitrogen and oxygen atoms in total. The van der Waals surface area contributed by atoms with Gasteiger partial charge in [0.15, 0.2) is 0 Å². The maximum Gasteiger partial charge on any atom is 0.128 e. The van der Waals surface area contributed by atoms with Crippen LogP contribution >= 0.6 is 11.3 Å². The van der Waals surface area contributed by atoms with E-state index in [4.69, 9.17) is 9.84 Å². The van der Waals surface area contributed by atoms with Crippen LogP contribution in [-0.2, 0) is 6.42 Å². The molecule has 16 heavy (non-hydrogen) atoms. The van der Waals surface area contributed by atoms with Crippen molar-refractivity contribution in [1.82, 2.24) is 4.98 Å². The van der Waals surface area contributed by atoms with Crippen molar-refractivity contribution in [2.24, 2.45) is 0 Å². The van der Waals surface area contributed by atoms with Crippen LogP contribution in [0, 0.1) is 0 Å². The zero-order chi connectivity index (χ0) is 11.4. The summed E-state index contributed by atoms with van der Waals surface area (Å²) >= 11 is 1.56. The van der Waals surface area contributed by atoms with Crippen molar-refractivity contribution in [3.8, 4) is 17.0 Å². The second-order valence-electron chi connectivity index (χ2n) is 3.30. The number of aliphatic hydroxyl groups is 1. The van der Waals surface area contributed by atoms with Gasteiger partial charge in [0.05, 0.1) is 17.8 Å². The minimum Gasteiger partial charge on any atom is -0.496 e. The highest BCUT2D eigenvalue weighted by atomic mass is 32.1. The second-order valence-corrected chi connectivity index (χ2v) is 4.24. The smallest absolute Gasteiger partial charge is 0.128 e. The maximum atomic E-state index is 8.84. The summed E-state index contributed by atoms with van der Waals surface area (Å²) < 4.78 is 5.28. The summed E-state index contributed by atoms with van der Waals surface area (Å²) in [7, 11) is 1.65. The molecule has 4 heteroatoms. The molecule has 0 bridgehead atoms. The molecule has 2 rings (SSSR count). The van der Waals surface area contributed by atoms with Crippen molar-refractivity contribution in [3.05, 3.63) is 34.7 Å². The minimum absolute atomic E-state index is 0.138. The first-order valence-electron chi connectivity index (χ1n) is 5.04. The van der Waals surface area contributed by atoms with Crippen LogP contribution in [0.5, 0.6) is 5.75 Å². The van der Waals surface area contributed by atoms with Crippen LogP contribution in [0.4, 0.5) is 0 Å². The number of benzene rings is 1. The Morgan fingerprint density at radius 3 is 2.94 bits per heavy atom. The van der Waals surface area contributed by atoms with Gasteiger partial charge in [-0.25, -0.2) is 4.98 Å². The number of methoxy groups -OCH3 is 1. The molecule has 0 saturated carbocycles. The zero-order valence-corrected chi connectivity index (χ0v) is 9.83. The summed E-state index contributed by atoms with van der Waals surface area (Å²) in [5.74, 6) is 0.823. The summed E-state index contributed by atoms with van der Waals surface area (Å²) in [5, 5.41) is 11.8. The lowest BCUT2D eigenvalue weighted by Crippen LogP contribution is -1.90. The molecule has 0 aliphatic heterocycles. The van der Waals surface area contributed by atoms with Gasteiger partial charge in [-0.1, -0.05) is 12.1 Å². The van der Waals surface area contributed by atoms with Crippen molar-refractivity contribution >= 4 is 11.3 Å². The number of aliphatic hydroxyl groups excluding tert-OH is 1. The van der Waals surface area contributed by atoms with Crippen LogP contribution in [0.2, 0.25) is 0 Å². The van der Waals surface area contributed by atoms with E-state index in [-0.39, 0.29) is 6.61 Å². The molecule has 0 atom stereocenters. The number of para-hydroxylation sites is 1. The third-order valence-corrected chi connectivity index (χ3v) is 3.17. The van der Waals surface area contributed by atoms with Gasteiger partial charge < -0.3 is 9.84 Å². The largest absolute Gasteiger partial charge is 0.496 e. The molecule has 0 fully saturated rings. The molecule has 0 radical (unpaired) electrons. The fourth-order valence-corrected chi connectivity index (χ4v) is 2.29. The minimum atomic E-state index is 0.138. The fourth-order valence-electron chi connectivity index (χ4n) is 1.50. The highest BCUT2D eigenvalue weighted by molar-refractivity contribution is 7.09. The van der Waals surface area contributed by atoms with E-state index in [1.807, 2.05) is 29.6 Å². The molecule has 1 heterocycles. The van der Waals surface area contributed by atoms with Crippen LogP contribution in [-0.4, -0.2) is 23.8 Å². The lowest BCUT2D eigenvalue weighted by atomic mass is 10.1. The van der Waals surface area contributed by atoms with E-state index in [1.54, 1.807) is 18.4 Å². The number of thiazole rings is 1. The Hall–Kier alpha value is -1.39. The van der Waals surface area contributed by atoms with Crippen LogP contribution in [0.1, 0.15) is 5.01 Å². The predicted molar refractivity (Wildman–Crippen MR) is 64.9 cm³/mol. The van der Waals surface area contributed by atoms with Gasteiger partial charge in [-0.2, -0.15) is 0 Å². The number of ether oxygens (including phenoxy) is 1. The first-order valence-corrected chi connectivity index (χ1v) is 5.91. The Labute approximate surface area is 98.4 Å². The summed E-state index contributed by atoms with van der Waals surface area (Å²) in [6.45, 7) is 0.138. The molecule has 0 saturated heterocycles. The summed E-state index contributed by atoms with van der Waals surface area (Å²) in [4.78, 5) is 4.46. The molecular formula is C12H13NO2S. The van der Waals surface area contributed by atoms with Gasteiger partial charge in [-0.05, 0) is 12.1 Å². The normalized spacial score (nSPS) is 10.4. The molecule has 0 aliphatic rings. The number of nitrogens with zero attached hydrogens (tertiary/aromatic N) is 1. The highest BCUT2D eigenvalue weighted by Crippen LogP contribution is 2.30. The molecule has 0 amide bonds. The zero-order valence-electron chi connectivity index (χ0n) is 9.01. The lowest BCUT2D eigenvalue weighted by Gasteiger charge is -2.04. The van der Waals surface area contributed by atoms with Crippen LogP contribution < -0.4 is 4.74 Å². The average molecular weight is 235 g/mol. The van der Waals surface area contributed by atoms with Gasteiger partial charge in [0.25, 0.3) is 0 Å². The maximum absolute atomic E-state index is 8.84. The first kappa shape index (κ1) is 11.1. The quantitative estimate of drug-likeness (QED) is 0.884. The molecule has 1 aromatic carbocycles. The van der Waals surface area contributed by atoms with Crippen molar-refractivity contribution in [2.75, 3.05) is 13.7 Å².